The van der Waals surface area contributed by atoms with Gasteiger partial charge in [0, 0.05) is 14.1 Å². The van der Waals surface area contributed by atoms with Crippen molar-refractivity contribution >= 4 is 5.91 Å². The van der Waals surface area contributed by atoms with Crippen LogP contribution in [0, 0.1) is 5.41 Å². The van der Waals surface area contributed by atoms with Gasteiger partial charge in [-0.25, -0.2) is 0 Å². The van der Waals surface area contributed by atoms with Gasteiger partial charge < -0.3 is 10.0 Å². The lowest BCUT2D eigenvalue weighted by Crippen LogP contribution is -2.33. The summed E-state index contributed by atoms with van der Waals surface area (Å²) in [6, 6.07) is 0. The Kier molecular flexibility index (Phi) is 3.71. The van der Waals surface area contributed by atoms with Crippen LogP contribution >= 0.6 is 0 Å². The second-order valence-electron chi connectivity index (χ2n) is 4.37. The van der Waals surface area contributed by atoms with E-state index in [4.69, 9.17) is 0 Å². The van der Waals surface area contributed by atoms with Gasteiger partial charge >= 0.3 is 0 Å². The number of aliphatic hydroxyl groups is 1. The Labute approximate surface area is 74.4 Å². The number of hydrogen-bond acceptors (Lipinski definition) is 2. The highest BCUT2D eigenvalue weighted by molar-refractivity contribution is 5.76. The van der Waals surface area contributed by atoms with Gasteiger partial charge in [0.15, 0.2) is 0 Å². The van der Waals surface area contributed by atoms with Crippen LogP contribution < -0.4 is 0 Å². The molecule has 0 saturated heterocycles. The van der Waals surface area contributed by atoms with Gasteiger partial charge in [-0.05, 0) is 5.41 Å². The molecule has 0 aliphatic rings. The number of hydrogen-bond donors (Lipinski definition) is 1. The van der Waals surface area contributed by atoms with Gasteiger partial charge in [0.2, 0.25) is 5.91 Å². The van der Waals surface area contributed by atoms with E-state index in [-0.39, 0.29) is 17.7 Å². The van der Waals surface area contributed by atoms with Crippen LogP contribution in [0.5, 0.6) is 0 Å². The van der Waals surface area contributed by atoms with E-state index in [2.05, 4.69) is 0 Å². The van der Waals surface area contributed by atoms with Crippen LogP contribution in [-0.2, 0) is 4.79 Å². The Hall–Kier alpha value is -0.570. The summed E-state index contributed by atoms with van der Waals surface area (Å²) in [7, 11) is 3.38. The van der Waals surface area contributed by atoms with Crippen molar-refractivity contribution in [3.05, 3.63) is 0 Å². The third-order valence-electron chi connectivity index (χ3n) is 1.87. The van der Waals surface area contributed by atoms with Gasteiger partial charge in [0.05, 0.1) is 12.5 Å². The topological polar surface area (TPSA) is 40.5 Å². The van der Waals surface area contributed by atoms with Crippen molar-refractivity contribution in [1.82, 2.24) is 4.90 Å². The first kappa shape index (κ1) is 11.4. The molecule has 3 heteroatoms. The van der Waals surface area contributed by atoms with Crippen LogP contribution in [0.15, 0.2) is 0 Å². The molecule has 0 aromatic rings. The molecule has 0 bridgehead atoms. The van der Waals surface area contributed by atoms with Gasteiger partial charge in [0.25, 0.3) is 0 Å². The molecule has 0 aromatic heterocycles. The number of carbonyl (C=O) groups excluding carboxylic acids is 1. The summed E-state index contributed by atoms with van der Waals surface area (Å²) in [5.41, 5.74) is -0.217. The lowest BCUT2D eigenvalue weighted by Gasteiger charge is -2.26. The number of carbonyl (C=O) groups is 1. The molecule has 1 amide bonds. The predicted octanol–water partition coefficient (Wildman–Crippen LogP) is 0.872. The van der Waals surface area contributed by atoms with E-state index in [0.29, 0.717) is 0 Å². The summed E-state index contributed by atoms with van der Waals surface area (Å²) >= 11 is 0. The summed E-state index contributed by atoms with van der Waals surface area (Å²) in [4.78, 5) is 12.7. The molecular formula is C9H19NO2. The highest BCUT2D eigenvalue weighted by Crippen LogP contribution is 2.21. The molecule has 0 rings (SSSR count). The van der Waals surface area contributed by atoms with Crippen molar-refractivity contribution in [2.45, 2.75) is 33.3 Å². The van der Waals surface area contributed by atoms with E-state index in [0.717, 1.165) is 0 Å². The highest BCUT2D eigenvalue weighted by atomic mass is 16.3. The minimum absolute atomic E-state index is 0.0302. The van der Waals surface area contributed by atoms with Crippen LogP contribution in [0.4, 0.5) is 0 Å². The fraction of sp³-hybridized carbons (Fsp3) is 0.889. The summed E-state index contributed by atoms with van der Waals surface area (Å²) in [6.07, 6.45) is -0.358. The molecule has 0 saturated carbocycles. The smallest absolute Gasteiger partial charge is 0.224 e. The first-order valence-electron chi connectivity index (χ1n) is 4.13. The SMILES string of the molecule is CN(C)C(=O)CC(O)C(C)(C)C. The zero-order chi connectivity index (χ0) is 9.94. The van der Waals surface area contributed by atoms with E-state index in [1.807, 2.05) is 20.8 Å². The van der Waals surface area contributed by atoms with Crippen LogP contribution in [0.2, 0.25) is 0 Å². The van der Waals surface area contributed by atoms with Gasteiger partial charge in [-0.1, -0.05) is 20.8 Å². The molecule has 1 N–H and O–H groups in total. The number of amides is 1. The minimum atomic E-state index is -0.563. The first-order valence-corrected chi connectivity index (χ1v) is 4.13. The lowest BCUT2D eigenvalue weighted by molar-refractivity contribution is -0.132. The second-order valence-corrected chi connectivity index (χ2v) is 4.37. The van der Waals surface area contributed by atoms with Gasteiger partial charge in [-0.15, -0.1) is 0 Å². The van der Waals surface area contributed by atoms with Gasteiger partial charge in [-0.3, -0.25) is 4.79 Å². The fourth-order valence-electron chi connectivity index (χ4n) is 0.654. The normalized spacial score (nSPS) is 14.2. The molecule has 3 nitrogen and oxygen atoms in total. The Morgan fingerprint density at radius 1 is 1.42 bits per heavy atom. The van der Waals surface area contributed by atoms with Gasteiger partial charge in [0.1, 0.15) is 0 Å². The van der Waals surface area contributed by atoms with Gasteiger partial charge in [-0.2, -0.15) is 0 Å². The average Bonchev–Trinajstić information content (AvgIpc) is 1.85. The third kappa shape index (κ3) is 3.72. The van der Waals surface area contributed by atoms with Crippen molar-refractivity contribution in [2.75, 3.05) is 14.1 Å². The van der Waals surface area contributed by atoms with Crippen molar-refractivity contribution in [3.63, 3.8) is 0 Å². The maximum absolute atomic E-state index is 11.2. The van der Waals surface area contributed by atoms with E-state index in [9.17, 15) is 9.90 Å². The Morgan fingerprint density at radius 3 is 2.08 bits per heavy atom. The highest BCUT2D eigenvalue weighted by Gasteiger charge is 2.24. The van der Waals surface area contributed by atoms with Crippen LogP contribution in [0.1, 0.15) is 27.2 Å². The second kappa shape index (κ2) is 3.90. The monoisotopic (exact) mass is 173 g/mol. The summed E-state index contributed by atoms with van der Waals surface area (Å²) in [5.74, 6) is -0.0302. The zero-order valence-electron chi connectivity index (χ0n) is 8.59. The number of rotatable bonds is 2. The van der Waals surface area contributed by atoms with Crippen LogP contribution in [0.3, 0.4) is 0 Å². The average molecular weight is 173 g/mol. The molecule has 0 heterocycles. The molecule has 1 unspecified atom stereocenters. The summed E-state index contributed by atoms with van der Waals surface area (Å²) < 4.78 is 0. The molecule has 72 valence electrons. The van der Waals surface area contributed by atoms with E-state index >= 15 is 0 Å². The minimum Gasteiger partial charge on any atom is -0.392 e. The van der Waals surface area contributed by atoms with Crippen molar-refractivity contribution in [3.8, 4) is 0 Å². The van der Waals surface area contributed by atoms with Crippen molar-refractivity contribution < 1.29 is 9.90 Å². The number of nitrogens with zero attached hydrogens (tertiary/aromatic N) is 1. The maximum atomic E-state index is 11.2. The lowest BCUT2D eigenvalue weighted by atomic mass is 9.87. The maximum Gasteiger partial charge on any atom is 0.224 e. The predicted molar refractivity (Wildman–Crippen MR) is 48.8 cm³/mol. The molecule has 12 heavy (non-hydrogen) atoms. The largest absolute Gasteiger partial charge is 0.392 e. The molecule has 0 fully saturated rings. The quantitative estimate of drug-likeness (QED) is 0.673. The van der Waals surface area contributed by atoms with Crippen LogP contribution in [-0.4, -0.2) is 36.1 Å². The van der Waals surface area contributed by atoms with E-state index in [1.165, 1.54) is 4.90 Å². The molecule has 0 aliphatic heterocycles. The Morgan fingerprint density at radius 2 is 1.83 bits per heavy atom. The zero-order valence-corrected chi connectivity index (χ0v) is 8.59. The molecule has 0 aromatic carbocycles. The standard InChI is InChI=1S/C9H19NO2/c1-9(2,3)7(11)6-8(12)10(4)5/h7,11H,6H2,1-5H3. The molecular weight excluding hydrogens is 154 g/mol. The summed E-state index contributed by atoms with van der Waals surface area (Å²) in [6.45, 7) is 5.75. The summed E-state index contributed by atoms with van der Waals surface area (Å²) in [5, 5.41) is 9.56. The third-order valence-corrected chi connectivity index (χ3v) is 1.87. The van der Waals surface area contributed by atoms with Crippen molar-refractivity contribution in [2.24, 2.45) is 5.41 Å². The van der Waals surface area contributed by atoms with E-state index in [1.54, 1.807) is 14.1 Å². The Bertz CT molecular complexity index is 158. The van der Waals surface area contributed by atoms with Crippen LogP contribution in [0.25, 0.3) is 0 Å². The number of aliphatic hydroxyl groups excluding tert-OH is 1. The van der Waals surface area contributed by atoms with Crippen molar-refractivity contribution in [1.29, 1.82) is 0 Å². The van der Waals surface area contributed by atoms with E-state index < -0.39 is 6.10 Å². The molecule has 0 spiro atoms. The fourth-order valence-corrected chi connectivity index (χ4v) is 0.654. The molecule has 1 atom stereocenters. The first-order chi connectivity index (χ1) is 5.25. The molecule has 0 radical (unpaired) electrons. The molecule has 0 aliphatic carbocycles. The Balaban J connectivity index is 4.02.